The molecule has 1 heterocycles. The molecule has 0 N–H and O–H groups in total. The number of hydrogen-bond acceptors (Lipinski definition) is 0. The average molecular weight is 376 g/mol. The van der Waals surface area contributed by atoms with Crippen LogP contribution < -0.4 is 0 Å². The van der Waals surface area contributed by atoms with E-state index in [1.807, 2.05) is 0 Å². The molecule has 4 aromatic carbocycles. The number of nitrogens with zero attached hydrogens (tertiary/aromatic N) is 1. The van der Waals surface area contributed by atoms with Gasteiger partial charge in [0.05, 0.1) is 11.0 Å². The summed E-state index contributed by atoms with van der Waals surface area (Å²) in [6, 6.07) is 35.0. The van der Waals surface area contributed by atoms with Gasteiger partial charge in [0.2, 0.25) is 0 Å². The summed E-state index contributed by atoms with van der Waals surface area (Å²) in [6.45, 7) is 6.84. The van der Waals surface area contributed by atoms with E-state index >= 15 is 0 Å². The molecular formula is C28H25N. The Bertz CT molecular complexity index is 1300. The summed E-state index contributed by atoms with van der Waals surface area (Å²) in [5.74, 6) is 0. The van der Waals surface area contributed by atoms with E-state index in [1.165, 1.54) is 44.2 Å². The predicted molar refractivity (Wildman–Crippen MR) is 125 cm³/mol. The van der Waals surface area contributed by atoms with Crippen molar-refractivity contribution in [3.05, 3.63) is 103 Å². The third-order valence-electron chi connectivity index (χ3n) is 5.76. The van der Waals surface area contributed by atoms with Gasteiger partial charge in [-0.1, -0.05) is 87.5 Å². The van der Waals surface area contributed by atoms with E-state index in [4.69, 9.17) is 0 Å². The number of para-hydroxylation sites is 1. The van der Waals surface area contributed by atoms with Crippen LogP contribution in [0.25, 0.3) is 38.6 Å². The third-order valence-corrected chi connectivity index (χ3v) is 5.76. The molecule has 0 aliphatic carbocycles. The van der Waals surface area contributed by atoms with Crippen LogP contribution in [-0.2, 0) is 5.41 Å². The summed E-state index contributed by atoms with van der Waals surface area (Å²) in [5.41, 5.74) is 7.71. The number of hydrogen-bond donors (Lipinski definition) is 0. The average Bonchev–Trinajstić information content (AvgIpc) is 3.08. The zero-order valence-corrected chi connectivity index (χ0v) is 17.2. The van der Waals surface area contributed by atoms with Crippen molar-refractivity contribution in [2.24, 2.45) is 0 Å². The minimum absolute atomic E-state index is 0.108. The molecular weight excluding hydrogens is 350 g/mol. The third kappa shape index (κ3) is 2.94. The van der Waals surface area contributed by atoms with Gasteiger partial charge in [0.1, 0.15) is 0 Å². The van der Waals surface area contributed by atoms with Crippen LogP contribution in [0, 0.1) is 0 Å². The molecule has 0 saturated heterocycles. The van der Waals surface area contributed by atoms with Crippen molar-refractivity contribution in [3.63, 3.8) is 0 Å². The maximum Gasteiger partial charge on any atom is 0.0547 e. The van der Waals surface area contributed by atoms with Gasteiger partial charge in [-0.05, 0) is 52.4 Å². The van der Waals surface area contributed by atoms with E-state index in [-0.39, 0.29) is 5.41 Å². The minimum Gasteiger partial charge on any atom is -0.309 e. The first kappa shape index (κ1) is 17.8. The van der Waals surface area contributed by atoms with E-state index < -0.39 is 0 Å². The van der Waals surface area contributed by atoms with Crippen molar-refractivity contribution in [2.45, 2.75) is 26.2 Å². The van der Waals surface area contributed by atoms with Crippen LogP contribution in [0.5, 0.6) is 0 Å². The Balaban J connectivity index is 1.95. The highest BCUT2D eigenvalue weighted by molar-refractivity contribution is 6.15. The first-order chi connectivity index (χ1) is 14.0. The van der Waals surface area contributed by atoms with Crippen LogP contribution >= 0.6 is 0 Å². The van der Waals surface area contributed by atoms with Crippen molar-refractivity contribution in [3.8, 4) is 16.8 Å². The van der Waals surface area contributed by atoms with Gasteiger partial charge in [-0.3, -0.25) is 0 Å². The lowest BCUT2D eigenvalue weighted by Crippen LogP contribution is -2.10. The molecule has 0 aliphatic heterocycles. The lowest BCUT2D eigenvalue weighted by molar-refractivity contribution is 0.591. The summed E-state index contributed by atoms with van der Waals surface area (Å²) in [5, 5.41) is 2.64. The van der Waals surface area contributed by atoms with Crippen molar-refractivity contribution in [1.82, 2.24) is 4.57 Å². The van der Waals surface area contributed by atoms with Gasteiger partial charge < -0.3 is 4.57 Å². The fraction of sp³-hybridized carbons (Fsp3) is 0.143. The molecule has 0 atom stereocenters. The summed E-state index contributed by atoms with van der Waals surface area (Å²) in [7, 11) is 0. The van der Waals surface area contributed by atoms with Crippen molar-refractivity contribution >= 4 is 21.8 Å². The van der Waals surface area contributed by atoms with Gasteiger partial charge in [-0.25, -0.2) is 0 Å². The molecule has 0 aliphatic rings. The topological polar surface area (TPSA) is 4.93 Å². The number of aromatic nitrogens is 1. The molecule has 0 amide bonds. The molecule has 0 unspecified atom stereocenters. The van der Waals surface area contributed by atoms with E-state index in [1.54, 1.807) is 0 Å². The van der Waals surface area contributed by atoms with Crippen molar-refractivity contribution in [2.75, 3.05) is 0 Å². The first-order valence-electron chi connectivity index (χ1n) is 10.2. The van der Waals surface area contributed by atoms with Crippen molar-refractivity contribution < 1.29 is 0 Å². The molecule has 1 aromatic heterocycles. The highest BCUT2D eigenvalue weighted by Crippen LogP contribution is 2.40. The molecule has 0 saturated carbocycles. The Morgan fingerprint density at radius 3 is 2.00 bits per heavy atom. The molecule has 0 fully saturated rings. The molecule has 5 rings (SSSR count). The molecule has 142 valence electrons. The van der Waals surface area contributed by atoms with Gasteiger partial charge in [-0.2, -0.15) is 0 Å². The minimum atomic E-state index is 0.108. The largest absolute Gasteiger partial charge is 0.309 e. The number of rotatable bonds is 2. The van der Waals surface area contributed by atoms with Gasteiger partial charge in [-0.15, -0.1) is 0 Å². The second-order valence-electron chi connectivity index (χ2n) is 8.72. The predicted octanol–water partition coefficient (Wildman–Crippen LogP) is 7.75. The zero-order chi connectivity index (χ0) is 20.0. The summed E-state index contributed by atoms with van der Waals surface area (Å²) in [4.78, 5) is 0. The SMILES string of the molecule is CC(C)(C)c1ccc2c(c1)c1c(-c3ccccc3)cccc1n2-c1ccccc1. The van der Waals surface area contributed by atoms with E-state index in [0.717, 1.165) is 0 Å². The Labute approximate surface area is 172 Å². The zero-order valence-electron chi connectivity index (χ0n) is 17.2. The van der Waals surface area contributed by atoms with Crippen LogP contribution in [0.3, 0.4) is 0 Å². The molecule has 0 bridgehead atoms. The van der Waals surface area contributed by atoms with Crippen LogP contribution in [0.1, 0.15) is 26.3 Å². The fourth-order valence-electron chi connectivity index (χ4n) is 4.25. The Morgan fingerprint density at radius 2 is 1.31 bits per heavy atom. The molecule has 1 nitrogen and oxygen atoms in total. The quantitative estimate of drug-likeness (QED) is 0.297. The van der Waals surface area contributed by atoms with E-state index in [0.29, 0.717) is 0 Å². The summed E-state index contributed by atoms with van der Waals surface area (Å²) < 4.78 is 2.39. The highest BCUT2D eigenvalue weighted by Gasteiger charge is 2.19. The second kappa shape index (κ2) is 6.63. The standard InChI is InChI=1S/C28H25N/c1-28(2,3)21-17-18-25-24(19-21)27-23(20-11-6-4-7-12-20)15-10-16-26(27)29(25)22-13-8-5-9-14-22/h4-19H,1-3H3. The Morgan fingerprint density at radius 1 is 0.621 bits per heavy atom. The smallest absolute Gasteiger partial charge is 0.0547 e. The van der Waals surface area contributed by atoms with Crippen LogP contribution in [-0.4, -0.2) is 4.57 Å². The van der Waals surface area contributed by atoms with E-state index in [2.05, 4.69) is 122 Å². The Kier molecular flexibility index (Phi) is 4.06. The molecule has 0 spiro atoms. The van der Waals surface area contributed by atoms with E-state index in [9.17, 15) is 0 Å². The van der Waals surface area contributed by atoms with Crippen LogP contribution in [0.15, 0.2) is 97.1 Å². The van der Waals surface area contributed by atoms with Gasteiger partial charge >= 0.3 is 0 Å². The van der Waals surface area contributed by atoms with Crippen LogP contribution in [0.2, 0.25) is 0 Å². The number of benzene rings is 4. The molecule has 29 heavy (non-hydrogen) atoms. The van der Waals surface area contributed by atoms with Crippen LogP contribution in [0.4, 0.5) is 0 Å². The normalized spacial score (nSPS) is 12.0. The number of fused-ring (bicyclic) bond motifs is 3. The lowest BCUT2D eigenvalue weighted by atomic mass is 9.86. The van der Waals surface area contributed by atoms with Crippen molar-refractivity contribution in [1.29, 1.82) is 0 Å². The molecule has 0 radical (unpaired) electrons. The molecule has 5 aromatic rings. The Hall–Kier alpha value is -3.32. The van der Waals surface area contributed by atoms with Gasteiger partial charge in [0.25, 0.3) is 0 Å². The highest BCUT2D eigenvalue weighted by atomic mass is 15.0. The summed E-state index contributed by atoms with van der Waals surface area (Å²) in [6.07, 6.45) is 0. The first-order valence-corrected chi connectivity index (χ1v) is 10.2. The second-order valence-corrected chi connectivity index (χ2v) is 8.72. The fourth-order valence-corrected chi connectivity index (χ4v) is 4.25. The maximum atomic E-state index is 2.39. The van der Waals surface area contributed by atoms with Gasteiger partial charge in [0.15, 0.2) is 0 Å². The van der Waals surface area contributed by atoms with Gasteiger partial charge in [0, 0.05) is 16.5 Å². The molecule has 1 heteroatoms. The lowest BCUT2D eigenvalue weighted by Gasteiger charge is -2.19. The summed E-state index contributed by atoms with van der Waals surface area (Å²) >= 11 is 0. The maximum absolute atomic E-state index is 2.39. The monoisotopic (exact) mass is 375 g/mol.